The first kappa shape index (κ1) is 15.0. The Labute approximate surface area is 133 Å². The molecule has 2 fully saturated rings. The quantitative estimate of drug-likeness (QED) is 0.863. The lowest BCUT2D eigenvalue weighted by atomic mass is 9.65. The highest BCUT2D eigenvalue weighted by atomic mass is 32.1. The Bertz CT molecular complexity index is 566. The Balaban J connectivity index is 1.83. The average Bonchev–Trinajstić information content (AvgIpc) is 2.58. The largest absolute Gasteiger partial charge is 0.389 e. The Kier molecular flexibility index (Phi) is 3.61. The molecular formula is C18H26N2S. The van der Waals surface area contributed by atoms with Gasteiger partial charge in [0.2, 0.25) is 0 Å². The van der Waals surface area contributed by atoms with Crippen molar-refractivity contribution in [3.8, 4) is 0 Å². The van der Waals surface area contributed by atoms with Crippen LogP contribution in [0.5, 0.6) is 0 Å². The highest BCUT2D eigenvalue weighted by Crippen LogP contribution is 2.52. The van der Waals surface area contributed by atoms with Gasteiger partial charge in [-0.3, -0.25) is 4.90 Å². The summed E-state index contributed by atoms with van der Waals surface area (Å²) in [6.45, 7) is 9.48. The number of nitrogens with zero attached hydrogens (tertiary/aromatic N) is 1. The van der Waals surface area contributed by atoms with Gasteiger partial charge in [0.1, 0.15) is 4.99 Å². The van der Waals surface area contributed by atoms with Crippen molar-refractivity contribution in [2.75, 3.05) is 6.54 Å². The molecule has 0 aromatic heterocycles. The van der Waals surface area contributed by atoms with Gasteiger partial charge in [-0.2, -0.15) is 0 Å². The van der Waals surface area contributed by atoms with Crippen LogP contribution >= 0.6 is 12.2 Å². The van der Waals surface area contributed by atoms with E-state index in [1.807, 2.05) is 12.1 Å². The first-order valence-corrected chi connectivity index (χ1v) is 8.31. The van der Waals surface area contributed by atoms with Crippen molar-refractivity contribution in [2.24, 2.45) is 16.6 Å². The molecule has 0 radical (unpaired) electrons. The molecule has 2 atom stereocenters. The lowest BCUT2D eigenvalue weighted by Gasteiger charge is -2.40. The second kappa shape index (κ2) is 5.06. The molecule has 0 amide bonds. The molecule has 1 heterocycles. The van der Waals surface area contributed by atoms with Crippen LogP contribution in [0.1, 0.15) is 51.2 Å². The molecule has 2 bridgehead atoms. The van der Waals surface area contributed by atoms with Crippen LogP contribution in [0.25, 0.3) is 0 Å². The zero-order valence-corrected chi connectivity index (χ0v) is 14.2. The summed E-state index contributed by atoms with van der Waals surface area (Å²) in [5, 5.41) is 0. The average molecular weight is 302 g/mol. The van der Waals surface area contributed by atoms with E-state index in [1.54, 1.807) is 0 Å². The third-order valence-electron chi connectivity index (χ3n) is 5.18. The summed E-state index contributed by atoms with van der Waals surface area (Å²) in [4.78, 5) is 3.17. The highest BCUT2D eigenvalue weighted by molar-refractivity contribution is 7.80. The van der Waals surface area contributed by atoms with Crippen LogP contribution in [0.3, 0.4) is 0 Å². The van der Waals surface area contributed by atoms with Crippen LogP contribution in [0.2, 0.25) is 0 Å². The van der Waals surface area contributed by atoms with E-state index in [4.69, 9.17) is 18.0 Å². The third-order valence-corrected chi connectivity index (χ3v) is 5.40. The van der Waals surface area contributed by atoms with Gasteiger partial charge in [-0.25, -0.2) is 0 Å². The van der Waals surface area contributed by atoms with Crippen LogP contribution in [0, 0.1) is 10.8 Å². The second-order valence-electron chi connectivity index (χ2n) is 8.14. The molecule has 1 saturated carbocycles. The Morgan fingerprint density at radius 2 is 2.00 bits per heavy atom. The maximum atomic E-state index is 5.88. The molecule has 2 unspecified atom stereocenters. The van der Waals surface area contributed by atoms with E-state index in [2.05, 4.69) is 37.8 Å². The summed E-state index contributed by atoms with van der Waals surface area (Å²) in [5.41, 5.74) is 9.14. The Morgan fingerprint density at radius 1 is 1.29 bits per heavy atom. The predicted octanol–water partition coefficient (Wildman–Crippen LogP) is 3.72. The van der Waals surface area contributed by atoms with Gasteiger partial charge in [-0.15, -0.1) is 0 Å². The first-order chi connectivity index (χ1) is 9.78. The SMILES string of the molecule is CC1(C)CC2CC(C)(CN2Cc2ccccc2C(N)=S)C1. The van der Waals surface area contributed by atoms with Crippen LogP contribution in [0.15, 0.2) is 24.3 Å². The molecule has 2 aliphatic rings. The van der Waals surface area contributed by atoms with Gasteiger partial charge in [-0.05, 0) is 35.7 Å². The summed E-state index contributed by atoms with van der Waals surface area (Å²) in [5.74, 6) is 0. The normalized spacial score (nSPS) is 31.3. The maximum absolute atomic E-state index is 5.88. The van der Waals surface area contributed by atoms with Crippen molar-refractivity contribution in [3.63, 3.8) is 0 Å². The van der Waals surface area contributed by atoms with E-state index in [1.165, 1.54) is 31.4 Å². The van der Waals surface area contributed by atoms with Gasteiger partial charge in [0.15, 0.2) is 0 Å². The fourth-order valence-corrected chi connectivity index (χ4v) is 5.08. The van der Waals surface area contributed by atoms with Gasteiger partial charge >= 0.3 is 0 Å². The standard InChI is InChI=1S/C18H26N2S/c1-17(2)8-14-9-18(3,11-17)12-20(14)10-13-6-4-5-7-15(13)16(19)21/h4-7,14H,8-12H2,1-3H3,(H2,19,21). The summed E-state index contributed by atoms with van der Waals surface area (Å²) < 4.78 is 0. The van der Waals surface area contributed by atoms with Crippen LogP contribution in [-0.2, 0) is 6.54 Å². The van der Waals surface area contributed by atoms with E-state index in [9.17, 15) is 0 Å². The molecule has 1 aromatic carbocycles. The second-order valence-corrected chi connectivity index (χ2v) is 8.58. The number of benzene rings is 1. The van der Waals surface area contributed by atoms with Crippen molar-refractivity contribution in [1.29, 1.82) is 0 Å². The monoisotopic (exact) mass is 302 g/mol. The van der Waals surface area contributed by atoms with Crippen molar-refractivity contribution < 1.29 is 0 Å². The van der Waals surface area contributed by atoms with E-state index in [0.717, 1.165) is 12.1 Å². The van der Waals surface area contributed by atoms with E-state index >= 15 is 0 Å². The first-order valence-electron chi connectivity index (χ1n) is 7.90. The fourth-order valence-electron chi connectivity index (χ4n) is 4.88. The minimum Gasteiger partial charge on any atom is -0.389 e. The smallest absolute Gasteiger partial charge is 0.104 e. The van der Waals surface area contributed by atoms with Gasteiger partial charge in [0.25, 0.3) is 0 Å². The molecule has 1 aromatic rings. The lowest BCUT2D eigenvalue weighted by Crippen LogP contribution is -2.34. The predicted molar refractivity (Wildman–Crippen MR) is 92.3 cm³/mol. The highest BCUT2D eigenvalue weighted by Gasteiger charge is 2.49. The summed E-state index contributed by atoms with van der Waals surface area (Å²) in [7, 11) is 0. The molecule has 1 saturated heterocycles. The third kappa shape index (κ3) is 3.00. The summed E-state index contributed by atoms with van der Waals surface area (Å²) in [6, 6.07) is 9.03. The van der Waals surface area contributed by atoms with Crippen LogP contribution in [0.4, 0.5) is 0 Å². The van der Waals surface area contributed by atoms with Crippen molar-refractivity contribution in [2.45, 2.75) is 52.6 Å². The molecule has 2 N–H and O–H groups in total. The maximum Gasteiger partial charge on any atom is 0.104 e. The lowest BCUT2D eigenvalue weighted by molar-refractivity contribution is 0.126. The number of likely N-dealkylation sites (tertiary alicyclic amines) is 1. The molecule has 114 valence electrons. The van der Waals surface area contributed by atoms with Gasteiger partial charge in [0, 0.05) is 24.7 Å². The molecular weight excluding hydrogens is 276 g/mol. The molecule has 0 spiro atoms. The number of hydrogen-bond donors (Lipinski definition) is 1. The van der Waals surface area contributed by atoms with Crippen LogP contribution in [-0.4, -0.2) is 22.5 Å². The van der Waals surface area contributed by atoms with Crippen molar-refractivity contribution in [1.82, 2.24) is 4.90 Å². The Morgan fingerprint density at radius 3 is 2.71 bits per heavy atom. The van der Waals surface area contributed by atoms with Gasteiger partial charge < -0.3 is 5.73 Å². The number of thiocarbonyl (C=S) groups is 1. The van der Waals surface area contributed by atoms with E-state index in [0.29, 0.717) is 21.9 Å². The number of nitrogens with two attached hydrogens (primary N) is 1. The minimum atomic E-state index is 0.467. The molecule has 1 aliphatic heterocycles. The van der Waals surface area contributed by atoms with Gasteiger partial charge in [-0.1, -0.05) is 57.3 Å². The molecule has 21 heavy (non-hydrogen) atoms. The summed E-state index contributed by atoms with van der Waals surface area (Å²) >= 11 is 5.20. The zero-order chi connectivity index (χ0) is 15.3. The molecule has 3 rings (SSSR count). The molecule has 1 aliphatic carbocycles. The van der Waals surface area contributed by atoms with E-state index in [-0.39, 0.29) is 0 Å². The Hall–Kier alpha value is -0.930. The van der Waals surface area contributed by atoms with Crippen LogP contribution < -0.4 is 5.73 Å². The molecule has 2 nitrogen and oxygen atoms in total. The van der Waals surface area contributed by atoms with E-state index < -0.39 is 0 Å². The fraction of sp³-hybridized carbons (Fsp3) is 0.611. The topological polar surface area (TPSA) is 29.3 Å². The van der Waals surface area contributed by atoms with Crippen molar-refractivity contribution in [3.05, 3.63) is 35.4 Å². The molecule has 3 heteroatoms. The number of fused-ring (bicyclic) bond motifs is 2. The zero-order valence-electron chi connectivity index (χ0n) is 13.4. The summed E-state index contributed by atoms with van der Waals surface area (Å²) in [6.07, 6.45) is 3.98. The number of hydrogen-bond acceptors (Lipinski definition) is 2. The minimum absolute atomic E-state index is 0.467. The van der Waals surface area contributed by atoms with Crippen molar-refractivity contribution >= 4 is 17.2 Å². The van der Waals surface area contributed by atoms with Gasteiger partial charge in [0.05, 0.1) is 0 Å². The number of rotatable bonds is 3.